The summed E-state index contributed by atoms with van der Waals surface area (Å²) >= 11 is 0. The number of nitrogens with two attached hydrogens (primary N) is 1. The number of para-hydroxylation sites is 1. The van der Waals surface area contributed by atoms with Crippen LogP contribution in [0.15, 0.2) is 29.3 Å². The first-order valence-electron chi connectivity index (χ1n) is 9.15. The normalized spacial score (nSPS) is 24.7. The molecule has 0 bridgehead atoms. The van der Waals surface area contributed by atoms with Gasteiger partial charge in [0.1, 0.15) is 5.75 Å². The van der Waals surface area contributed by atoms with Crippen LogP contribution >= 0.6 is 0 Å². The van der Waals surface area contributed by atoms with Gasteiger partial charge in [0.15, 0.2) is 5.96 Å². The van der Waals surface area contributed by atoms with Crippen molar-refractivity contribution in [1.29, 1.82) is 0 Å². The van der Waals surface area contributed by atoms with Crippen LogP contribution < -0.4 is 15.8 Å². The second-order valence-corrected chi connectivity index (χ2v) is 7.28. The molecule has 1 saturated heterocycles. The van der Waals surface area contributed by atoms with E-state index in [-0.39, 0.29) is 6.04 Å². The van der Waals surface area contributed by atoms with Gasteiger partial charge in [0.05, 0.1) is 19.2 Å². The largest absolute Gasteiger partial charge is 0.493 e. The number of ether oxygens (including phenoxy) is 1. The molecule has 3 rings (SSSR count). The number of nitrogens with zero attached hydrogens (tertiary/aromatic N) is 2. The van der Waals surface area contributed by atoms with Gasteiger partial charge in [-0.2, -0.15) is 0 Å². The van der Waals surface area contributed by atoms with E-state index in [0.29, 0.717) is 24.5 Å². The van der Waals surface area contributed by atoms with E-state index >= 15 is 0 Å². The Morgan fingerprint density at radius 1 is 1.38 bits per heavy atom. The zero-order chi connectivity index (χ0) is 16.9. The predicted molar refractivity (Wildman–Crippen MR) is 98.4 cm³/mol. The van der Waals surface area contributed by atoms with Gasteiger partial charge in [-0.15, -0.1) is 0 Å². The van der Waals surface area contributed by atoms with Crippen molar-refractivity contribution in [2.45, 2.75) is 45.2 Å². The maximum Gasteiger partial charge on any atom is 0.189 e. The van der Waals surface area contributed by atoms with E-state index in [1.54, 1.807) is 0 Å². The number of nitrogens with one attached hydrogen (secondary N) is 1. The molecule has 0 amide bonds. The Balaban J connectivity index is 1.57. The van der Waals surface area contributed by atoms with Gasteiger partial charge in [0.25, 0.3) is 0 Å². The van der Waals surface area contributed by atoms with Crippen molar-refractivity contribution < 1.29 is 4.74 Å². The Morgan fingerprint density at radius 2 is 2.21 bits per heavy atom. The monoisotopic (exact) mass is 330 g/mol. The van der Waals surface area contributed by atoms with Gasteiger partial charge in [-0.05, 0) is 31.4 Å². The maximum absolute atomic E-state index is 6.17. The number of fused-ring (bicyclic) bond motifs is 1. The van der Waals surface area contributed by atoms with Crippen molar-refractivity contribution in [1.82, 2.24) is 10.2 Å². The zero-order valence-electron chi connectivity index (χ0n) is 14.9. The highest BCUT2D eigenvalue weighted by molar-refractivity contribution is 5.78. The number of benzene rings is 1. The van der Waals surface area contributed by atoms with Crippen LogP contribution in [0, 0.1) is 5.92 Å². The predicted octanol–water partition coefficient (Wildman–Crippen LogP) is 2.53. The Hall–Kier alpha value is -1.75. The Morgan fingerprint density at radius 3 is 3.04 bits per heavy atom. The molecule has 2 heterocycles. The topological polar surface area (TPSA) is 62.9 Å². The molecule has 0 spiro atoms. The van der Waals surface area contributed by atoms with Crippen LogP contribution in [-0.2, 0) is 0 Å². The number of aliphatic imine (C=N–C) groups is 1. The van der Waals surface area contributed by atoms with Gasteiger partial charge in [-0.1, -0.05) is 32.0 Å². The van der Waals surface area contributed by atoms with Gasteiger partial charge in [0, 0.05) is 24.6 Å². The van der Waals surface area contributed by atoms with Crippen LogP contribution in [0.4, 0.5) is 0 Å². The summed E-state index contributed by atoms with van der Waals surface area (Å²) in [5.74, 6) is 2.20. The first kappa shape index (κ1) is 17.1. The van der Waals surface area contributed by atoms with Crippen molar-refractivity contribution in [2.24, 2.45) is 16.6 Å². The maximum atomic E-state index is 6.17. The molecule has 0 radical (unpaired) electrons. The second kappa shape index (κ2) is 7.88. The summed E-state index contributed by atoms with van der Waals surface area (Å²) in [5, 5.41) is 3.38. The van der Waals surface area contributed by atoms with E-state index in [4.69, 9.17) is 10.5 Å². The smallest absolute Gasteiger partial charge is 0.189 e. The van der Waals surface area contributed by atoms with Crippen molar-refractivity contribution in [3.8, 4) is 5.75 Å². The molecule has 2 aliphatic rings. The average molecular weight is 330 g/mol. The molecule has 24 heavy (non-hydrogen) atoms. The van der Waals surface area contributed by atoms with Gasteiger partial charge < -0.3 is 15.8 Å². The molecule has 5 heteroatoms. The van der Waals surface area contributed by atoms with E-state index in [1.807, 2.05) is 18.2 Å². The lowest BCUT2D eigenvalue weighted by atomic mass is 10.0. The Kier molecular flexibility index (Phi) is 5.61. The van der Waals surface area contributed by atoms with Gasteiger partial charge in [0.2, 0.25) is 0 Å². The summed E-state index contributed by atoms with van der Waals surface area (Å²) in [5.41, 5.74) is 7.34. The molecule has 5 nitrogen and oxygen atoms in total. The highest BCUT2D eigenvalue weighted by Crippen LogP contribution is 2.31. The summed E-state index contributed by atoms with van der Waals surface area (Å²) < 4.78 is 5.70. The van der Waals surface area contributed by atoms with Crippen LogP contribution in [0.25, 0.3) is 0 Å². The highest BCUT2D eigenvalue weighted by Gasteiger charge is 2.25. The average Bonchev–Trinajstić information content (AvgIpc) is 3.00. The van der Waals surface area contributed by atoms with E-state index in [9.17, 15) is 0 Å². The van der Waals surface area contributed by atoms with E-state index in [1.165, 1.54) is 24.9 Å². The fraction of sp³-hybridized carbons (Fsp3) is 0.632. The van der Waals surface area contributed by atoms with Crippen molar-refractivity contribution in [3.63, 3.8) is 0 Å². The van der Waals surface area contributed by atoms with E-state index in [0.717, 1.165) is 25.3 Å². The van der Waals surface area contributed by atoms with Crippen LogP contribution in [0.2, 0.25) is 0 Å². The number of hydrogen-bond donors (Lipinski definition) is 2. The summed E-state index contributed by atoms with van der Waals surface area (Å²) in [6, 6.07) is 8.88. The molecule has 3 N–H and O–H groups in total. The molecule has 1 unspecified atom stereocenters. The Labute approximate surface area is 145 Å². The van der Waals surface area contributed by atoms with Gasteiger partial charge in [-0.25, -0.2) is 0 Å². The fourth-order valence-corrected chi connectivity index (χ4v) is 3.73. The zero-order valence-corrected chi connectivity index (χ0v) is 14.9. The molecule has 2 atom stereocenters. The summed E-state index contributed by atoms with van der Waals surface area (Å²) in [6.45, 7) is 8.40. The molecule has 1 aromatic carbocycles. The number of hydrogen-bond acceptors (Lipinski definition) is 3. The number of likely N-dealkylation sites (tertiary alicyclic amines) is 1. The van der Waals surface area contributed by atoms with Crippen molar-refractivity contribution >= 4 is 5.96 Å². The minimum atomic E-state index is 0.189. The van der Waals surface area contributed by atoms with E-state index < -0.39 is 0 Å². The van der Waals surface area contributed by atoms with Crippen molar-refractivity contribution in [2.75, 3.05) is 26.2 Å². The molecule has 0 aliphatic carbocycles. The van der Waals surface area contributed by atoms with E-state index in [2.05, 4.69) is 35.1 Å². The summed E-state index contributed by atoms with van der Waals surface area (Å²) in [4.78, 5) is 7.19. The lowest BCUT2D eigenvalue weighted by Gasteiger charge is -2.27. The molecular weight excluding hydrogens is 300 g/mol. The molecule has 1 aromatic rings. The molecule has 0 aromatic heterocycles. The number of rotatable bonds is 5. The van der Waals surface area contributed by atoms with Crippen molar-refractivity contribution in [3.05, 3.63) is 29.8 Å². The van der Waals surface area contributed by atoms with Gasteiger partial charge >= 0.3 is 0 Å². The first-order valence-corrected chi connectivity index (χ1v) is 9.15. The van der Waals surface area contributed by atoms with Crippen LogP contribution in [-0.4, -0.2) is 43.1 Å². The second-order valence-electron chi connectivity index (χ2n) is 7.28. The van der Waals surface area contributed by atoms with Gasteiger partial charge in [-0.3, -0.25) is 9.89 Å². The minimum absolute atomic E-state index is 0.189. The SMILES string of the molecule is CC(C)CN1CCC[C@@H]1CN=C(N)NC1CCOc2ccccc21. The molecule has 2 aliphatic heterocycles. The highest BCUT2D eigenvalue weighted by atomic mass is 16.5. The summed E-state index contributed by atoms with van der Waals surface area (Å²) in [6.07, 6.45) is 3.41. The van der Waals surface area contributed by atoms with Crippen LogP contribution in [0.1, 0.15) is 44.7 Å². The Bertz CT molecular complexity index is 572. The molecule has 0 saturated carbocycles. The minimum Gasteiger partial charge on any atom is -0.493 e. The third-order valence-corrected chi connectivity index (χ3v) is 4.85. The van der Waals surface area contributed by atoms with Crippen LogP contribution in [0.3, 0.4) is 0 Å². The van der Waals surface area contributed by atoms with Crippen LogP contribution in [0.5, 0.6) is 5.75 Å². The lowest BCUT2D eigenvalue weighted by Crippen LogP contribution is -2.39. The molecular formula is C19H30N4O. The molecule has 1 fully saturated rings. The molecule has 132 valence electrons. The fourth-order valence-electron chi connectivity index (χ4n) is 3.73. The third kappa shape index (κ3) is 4.20. The third-order valence-electron chi connectivity index (χ3n) is 4.85. The lowest BCUT2D eigenvalue weighted by molar-refractivity contribution is 0.231. The number of guanidine groups is 1. The quantitative estimate of drug-likeness (QED) is 0.643. The summed E-state index contributed by atoms with van der Waals surface area (Å²) in [7, 11) is 0. The standard InChI is InChI=1S/C19H30N4O/c1-14(2)13-23-10-5-6-15(23)12-21-19(20)22-17-9-11-24-18-8-4-3-7-16(17)18/h3-4,7-8,14-15,17H,5-6,9-13H2,1-2H3,(H3,20,21,22)/t15-,17?/m1/s1. The first-order chi connectivity index (χ1) is 11.6.